The van der Waals surface area contributed by atoms with Gasteiger partial charge in [-0.05, 0) is 36.2 Å². The van der Waals surface area contributed by atoms with Crippen LogP contribution in [0, 0.1) is 0 Å². The number of nitrogens with one attached hydrogen (secondary N) is 1. The van der Waals surface area contributed by atoms with Gasteiger partial charge in [0.1, 0.15) is 29.1 Å². The summed E-state index contributed by atoms with van der Waals surface area (Å²) >= 11 is 0. The Morgan fingerprint density at radius 3 is 2.62 bits per heavy atom. The van der Waals surface area contributed by atoms with E-state index in [1.165, 1.54) is 19.5 Å². The SMILES string of the molecule is COc1ccc(N2CCN(C(=O)Cc3ncn[nH]3)[C@@H](Cc3ccccc3)C2)c2ccc(C(F)(F)F)nc12. The molecule has 1 aliphatic rings. The van der Waals surface area contributed by atoms with Crippen molar-refractivity contribution in [3.8, 4) is 5.75 Å². The van der Waals surface area contributed by atoms with Gasteiger partial charge in [0.05, 0.1) is 19.6 Å². The van der Waals surface area contributed by atoms with E-state index in [0.29, 0.717) is 37.3 Å². The van der Waals surface area contributed by atoms with E-state index in [-0.39, 0.29) is 29.6 Å². The molecule has 1 saturated heterocycles. The van der Waals surface area contributed by atoms with Gasteiger partial charge in [0.2, 0.25) is 5.91 Å². The summed E-state index contributed by atoms with van der Waals surface area (Å²) in [6.07, 6.45) is -2.45. The van der Waals surface area contributed by atoms with E-state index in [0.717, 1.165) is 17.3 Å². The highest BCUT2D eigenvalue weighted by atomic mass is 19.4. The second-order valence-corrected chi connectivity index (χ2v) is 8.86. The number of H-pyrrole nitrogens is 1. The molecule has 1 amide bonds. The van der Waals surface area contributed by atoms with Crippen LogP contribution in [0.2, 0.25) is 0 Å². The zero-order valence-corrected chi connectivity index (χ0v) is 20.1. The Morgan fingerprint density at radius 1 is 1.11 bits per heavy atom. The highest BCUT2D eigenvalue weighted by Gasteiger charge is 2.34. The van der Waals surface area contributed by atoms with Crippen LogP contribution in [-0.2, 0) is 23.8 Å². The molecule has 3 heterocycles. The third-order valence-corrected chi connectivity index (χ3v) is 6.55. The Hall–Kier alpha value is -4.15. The smallest absolute Gasteiger partial charge is 0.433 e. The molecule has 1 N–H and O–H groups in total. The number of hydrogen-bond donors (Lipinski definition) is 1. The Bertz CT molecular complexity index is 1380. The molecule has 2 aromatic carbocycles. The number of carbonyl (C=O) groups excluding carboxylic acids is 1. The summed E-state index contributed by atoms with van der Waals surface area (Å²) in [7, 11) is 1.41. The van der Waals surface area contributed by atoms with Crippen molar-refractivity contribution in [2.24, 2.45) is 0 Å². The molecule has 1 atom stereocenters. The lowest BCUT2D eigenvalue weighted by Crippen LogP contribution is -2.56. The third-order valence-electron chi connectivity index (χ3n) is 6.55. The molecule has 5 rings (SSSR count). The van der Waals surface area contributed by atoms with E-state index < -0.39 is 11.9 Å². The van der Waals surface area contributed by atoms with E-state index in [1.54, 1.807) is 6.07 Å². The number of aromatic nitrogens is 4. The summed E-state index contributed by atoms with van der Waals surface area (Å²) in [5, 5.41) is 7.12. The Balaban J connectivity index is 1.47. The Kier molecular flexibility index (Phi) is 6.68. The van der Waals surface area contributed by atoms with Gasteiger partial charge < -0.3 is 14.5 Å². The lowest BCUT2D eigenvalue weighted by molar-refractivity contribution is -0.141. The summed E-state index contributed by atoms with van der Waals surface area (Å²) < 4.78 is 45.4. The van der Waals surface area contributed by atoms with Crippen molar-refractivity contribution in [1.82, 2.24) is 25.1 Å². The number of ether oxygens (including phenoxy) is 1. The molecule has 1 fully saturated rings. The van der Waals surface area contributed by atoms with Crippen molar-refractivity contribution in [2.45, 2.75) is 25.1 Å². The molecule has 0 unspecified atom stereocenters. The molecule has 1 aliphatic heterocycles. The minimum absolute atomic E-state index is 0.0617. The van der Waals surface area contributed by atoms with Crippen LogP contribution in [-0.4, -0.2) is 63.8 Å². The maximum atomic E-state index is 13.4. The van der Waals surface area contributed by atoms with Gasteiger partial charge in [-0.1, -0.05) is 30.3 Å². The van der Waals surface area contributed by atoms with E-state index in [4.69, 9.17) is 4.74 Å². The number of benzene rings is 2. The zero-order valence-electron chi connectivity index (χ0n) is 20.1. The maximum Gasteiger partial charge on any atom is 0.433 e. The monoisotopic (exact) mass is 510 g/mol. The number of rotatable bonds is 6. The summed E-state index contributed by atoms with van der Waals surface area (Å²) in [6, 6.07) is 15.6. The van der Waals surface area contributed by atoms with Gasteiger partial charge in [0, 0.05) is 30.7 Å². The largest absolute Gasteiger partial charge is 0.494 e. The van der Waals surface area contributed by atoms with Crippen LogP contribution in [0.3, 0.4) is 0 Å². The van der Waals surface area contributed by atoms with Crippen molar-refractivity contribution in [3.05, 3.63) is 78.0 Å². The van der Waals surface area contributed by atoms with Crippen LogP contribution >= 0.6 is 0 Å². The van der Waals surface area contributed by atoms with Crippen LogP contribution in [0.15, 0.2) is 60.9 Å². The summed E-state index contributed by atoms with van der Waals surface area (Å²) in [4.78, 5) is 25.1. The predicted octanol–water partition coefficient (Wildman–Crippen LogP) is 3.88. The second kappa shape index (κ2) is 10.1. The van der Waals surface area contributed by atoms with Gasteiger partial charge in [0.25, 0.3) is 0 Å². The maximum absolute atomic E-state index is 13.4. The fourth-order valence-corrected chi connectivity index (χ4v) is 4.80. The van der Waals surface area contributed by atoms with Crippen LogP contribution in [0.1, 0.15) is 17.1 Å². The number of anilines is 1. The van der Waals surface area contributed by atoms with Gasteiger partial charge in [0.15, 0.2) is 0 Å². The minimum atomic E-state index is -4.56. The number of piperazine rings is 1. The highest BCUT2D eigenvalue weighted by Crippen LogP contribution is 2.37. The van der Waals surface area contributed by atoms with E-state index in [2.05, 4.69) is 25.1 Å². The molecule has 192 valence electrons. The fourth-order valence-electron chi connectivity index (χ4n) is 4.80. The first-order valence-corrected chi connectivity index (χ1v) is 11.8. The van der Waals surface area contributed by atoms with Crippen LogP contribution < -0.4 is 9.64 Å². The standard InChI is InChI=1S/C26H25F3N6O2/c1-37-21-9-8-20(19-7-10-22(26(27,28)29)32-25(19)21)34-11-12-35(24(36)14-23-30-16-31-33-23)18(15-34)13-17-5-3-2-4-6-17/h2-10,16,18H,11-15H2,1H3,(H,30,31,33)/t18-/m0/s1. The van der Waals surface area contributed by atoms with Gasteiger partial charge >= 0.3 is 6.18 Å². The topological polar surface area (TPSA) is 87.2 Å². The first-order chi connectivity index (χ1) is 17.8. The summed E-state index contributed by atoms with van der Waals surface area (Å²) in [6.45, 7) is 1.46. The predicted molar refractivity (Wildman–Crippen MR) is 131 cm³/mol. The summed E-state index contributed by atoms with van der Waals surface area (Å²) in [5.41, 5.74) is 1.01. The van der Waals surface area contributed by atoms with Crippen molar-refractivity contribution in [2.75, 3.05) is 31.6 Å². The molecular weight excluding hydrogens is 485 g/mol. The quantitative estimate of drug-likeness (QED) is 0.424. The number of amides is 1. The van der Waals surface area contributed by atoms with Crippen LogP contribution in [0.4, 0.5) is 18.9 Å². The average molecular weight is 511 g/mol. The van der Waals surface area contributed by atoms with E-state index in [9.17, 15) is 18.0 Å². The summed E-state index contributed by atoms with van der Waals surface area (Å²) in [5.74, 6) is 0.707. The van der Waals surface area contributed by atoms with Gasteiger partial charge in [-0.25, -0.2) is 9.97 Å². The fraction of sp³-hybridized carbons (Fsp3) is 0.308. The lowest BCUT2D eigenvalue weighted by Gasteiger charge is -2.43. The van der Waals surface area contributed by atoms with Crippen molar-refractivity contribution in [1.29, 1.82) is 0 Å². The van der Waals surface area contributed by atoms with Crippen LogP contribution in [0.25, 0.3) is 10.9 Å². The van der Waals surface area contributed by atoms with Gasteiger partial charge in [-0.3, -0.25) is 9.89 Å². The first kappa shape index (κ1) is 24.5. The van der Waals surface area contributed by atoms with E-state index >= 15 is 0 Å². The normalized spacial score (nSPS) is 16.3. The number of hydrogen-bond acceptors (Lipinski definition) is 6. The molecule has 8 nitrogen and oxygen atoms in total. The molecular formula is C26H25F3N6O2. The zero-order chi connectivity index (χ0) is 26.0. The molecule has 0 bridgehead atoms. The highest BCUT2D eigenvalue weighted by molar-refractivity contribution is 5.96. The second-order valence-electron chi connectivity index (χ2n) is 8.86. The molecule has 4 aromatic rings. The lowest BCUT2D eigenvalue weighted by atomic mass is 10.00. The number of methoxy groups -OCH3 is 1. The van der Waals surface area contributed by atoms with Crippen molar-refractivity contribution >= 4 is 22.5 Å². The van der Waals surface area contributed by atoms with E-state index in [1.807, 2.05) is 41.3 Å². The molecule has 0 saturated carbocycles. The van der Waals surface area contributed by atoms with Gasteiger partial charge in [-0.2, -0.15) is 18.3 Å². The van der Waals surface area contributed by atoms with Crippen molar-refractivity contribution < 1.29 is 22.7 Å². The average Bonchev–Trinajstić information content (AvgIpc) is 3.40. The number of halogens is 3. The number of aromatic amines is 1. The van der Waals surface area contributed by atoms with Crippen molar-refractivity contribution in [3.63, 3.8) is 0 Å². The molecule has 0 aliphatic carbocycles. The Labute approximate surface area is 211 Å². The van der Waals surface area contributed by atoms with Gasteiger partial charge in [-0.15, -0.1) is 0 Å². The molecule has 0 radical (unpaired) electrons. The number of carbonyl (C=O) groups is 1. The molecule has 11 heteroatoms. The third kappa shape index (κ3) is 5.20. The number of alkyl halides is 3. The molecule has 2 aromatic heterocycles. The number of nitrogens with zero attached hydrogens (tertiary/aromatic N) is 5. The molecule has 37 heavy (non-hydrogen) atoms. The minimum Gasteiger partial charge on any atom is -0.494 e. The van der Waals surface area contributed by atoms with Crippen LogP contribution in [0.5, 0.6) is 5.75 Å². The number of pyridine rings is 1. The Morgan fingerprint density at radius 2 is 1.92 bits per heavy atom. The first-order valence-electron chi connectivity index (χ1n) is 11.8. The number of fused-ring (bicyclic) bond motifs is 1. The molecule has 0 spiro atoms.